The van der Waals surface area contributed by atoms with Gasteiger partial charge in [0.25, 0.3) is 0 Å². The van der Waals surface area contributed by atoms with E-state index in [-0.39, 0.29) is 0 Å². The molecule has 120 valence electrons. The van der Waals surface area contributed by atoms with Crippen LogP contribution in [0.4, 0.5) is 0 Å². The van der Waals surface area contributed by atoms with Crippen LogP contribution < -0.4 is 5.32 Å². The van der Waals surface area contributed by atoms with Gasteiger partial charge in [-0.15, -0.1) is 0 Å². The minimum Gasteiger partial charge on any atom is -0.308 e. The number of nitrogens with zero attached hydrogens (tertiary/aromatic N) is 3. The largest absolute Gasteiger partial charge is 0.308 e. The zero-order valence-electron chi connectivity index (χ0n) is 14.4. The molecule has 0 saturated carbocycles. The monoisotopic (exact) mass is 292 g/mol. The van der Waals surface area contributed by atoms with Gasteiger partial charge in [0, 0.05) is 56.6 Å². The first-order valence-corrected chi connectivity index (χ1v) is 8.47. The van der Waals surface area contributed by atoms with Gasteiger partial charge in [0.1, 0.15) is 0 Å². The van der Waals surface area contributed by atoms with E-state index in [1.165, 1.54) is 25.1 Å². The molecule has 1 N–H and O–H groups in total. The number of hydrogen-bond acceptors (Lipinski definition) is 3. The van der Waals surface area contributed by atoms with Gasteiger partial charge in [-0.3, -0.25) is 9.58 Å². The first-order chi connectivity index (χ1) is 10.0. The second-order valence-corrected chi connectivity index (χ2v) is 6.85. The van der Waals surface area contributed by atoms with Gasteiger partial charge in [-0.05, 0) is 24.8 Å². The second-order valence-electron chi connectivity index (χ2n) is 6.85. The van der Waals surface area contributed by atoms with Crippen LogP contribution in [0, 0.1) is 5.92 Å². The number of nitrogens with one attached hydrogen (secondary N) is 1. The van der Waals surface area contributed by atoms with Gasteiger partial charge in [0.05, 0.1) is 0 Å². The summed E-state index contributed by atoms with van der Waals surface area (Å²) < 4.78 is 2.00. The number of rotatable bonds is 6. The third-order valence-corrected chi connectivity index (χ3v) is 5.36. The molecule has 4 nitrogen and oxygen atoms in total. The molecule has 1 fully saturated rings. The molecule has 1 atom stereocenters. The van der Waals surface area contributed by atoms with Crippen molar-refractivity contribution in [1.82, 2.24) is 20.0 Å². The third-order valence-electron chi connectivity index (χ3n) is 5.36. The van der Waals surface area contributed by atoms with Crippen molar-refractivity contribution in [2.75, 3.05) is 19.6 Å². The fourth-order valence-corrected chi connectivity index (χ4v) is 3.54. The Morgan fingerprint density at radius 3 is 2.62 bits per heavy atom. The van der Waals surface area contributed by atoms with Crippen LogP contribution in [0.1, 0.15) is 46.2 Å². The molecule has 21 heavy (non-hydrogen) atoms. The summed E-state index contributed by atoms with van der Waals surface area (Å²) in [5.41, 5.74) is 1.63. The second kappa shape index (κ2) is 6.93. The van der Waals surface area contributed by atoms with Gasteiger partial charge in [0.2, 0.25) is 0 Å². The molecule has 0 aliphatic carbocycles. The maximum absolute atomic E-state index is 4.28. The molecule has 2 rings (SSSR count). The molecule has 4 heteroatoms. The predicted molar refractivity (Wildman–Crippen MR) is 88.4 cm³/mol. The molecule has 1 unspecified atom stereocenters. The summed E-state index contributed by atoms with van der Waals surface area (Å²) >= 11 is 0. The molecule has 0 bridgehead atoms. The maximum Gasteiger partial charge on any atom is 0.0492 e. The number of piperazine rings is 1. The smallest absolute Gasteiger partial charge is 0.0492 e. The first kappa shape index (κ1) is 16.5. The maximum atomic E-state index is 4.28. The zero-order chi connectivity index (χ0) is 15.5. The van der Waals surface area contributed by atoms with Crippen molar-refractivity contribution >= 4 is 0 Å². The molecule has 0 amide bonds. The molecule has 0 aromatic carbocycles. The summed E-state index contributed by atoms with van der Waals surface area (Å²) in [5, 5.41) is 8.12. The zero-order valence-corrected chi connectivity index (χ0v) is 14.4. The van der Waals surface area contributed by atoms with Gasteiger partial charge in [0.15, 0.2) is 0 Å². The molecule has 1 aromatic rings. The number of aromatic nitrogens is 2. The molecule has 2 heterocycles. The summed E-state index contributed by atoms with van der Waals surface area (Å²) in [4.78, 5) is 2.71. The van der Waals surface area contributed by atoms with Crippen LogP contribution in [-0.2, 0) is 13.5 Å². The number of aryl methyl sites for hydroxylation is 1. The molecule has 1 saturated heterocycles. The normalized spacial score (nSPS) is 22.9. The molecular weight excluding hydrogens is 260 g/mol. The van der Waals surface area contributed by atoms with Crippen molar-refractivity contribution in [2.24, 2.45) is 13.0 Å². The van der Waals surface area contributed by atoms with Crippen molar-refractivity contribution in [3.63, 3.8) is 0 Å². The standard InChI is InChI=1S/C17H32N4/c1-6-17(7-2)13-21(16(12-18-17)14(3)4)11-9-15-8-10-19-20(15)5/h8,10,14,16,18H,6-7,9,11-13H2,1-5H3. The van der Waals surface area contributed by atoms with E-state index in [0.717, 1.165) is 19.5 Å². The number of hydrogen-bond donors (Lipinski definition) is 1. The van der Waals surface area contributed by atoms with Gasteiger partial charge in [-0.2, -0.15) is 5.10 Å². The topological polar surface area (TPSA) is 33.1 Å². The molecule has 1 aliphatic heterocycles. The molecule has 0 radical (unpaired) electrons. The lowest BCUT2D eigenvalue weighted by atomic mass is 9.86. The van der Waals surface area contributed by atoms with Gasteiger partial charge in [-0.1, -0.05) is 27.7 Å². The summed E-state index contributed by atoms with van der Waals surface area (Å²) in [6, 6.07) is 2.78. The van der Waals surface area contributed by atoms with Crippen molar-refractivity contribution in [2.45, 2.75) is 58.5 Å². The van der Waals surface area contributed by atoms with Crippen LogP contribution in [0.3, 0.4) is 0 Å². The van der Waals surface area contributed by atoms with E-state index in [9.17, 15) is 0 Å². The molecule has 1 aliphatic rings. The van der Waals surface area contributed by atoms with Crippen molar-refractivity contribution < 1.29 is 0 Å². The van der Waals surface area contributed by atoms with Crippen LogP contribution in [0.15, 0.2) is 12.3 Å². The van der Waals surface area contributed by atoms with E-state index >= 15 is 0 Å². The van der Waals surface area contributed by atoms with Crippen molar-refractivity contribution in [1.29, 1.82) is 0 Å². The van der Waals surface area contributed by atoms with Crippen LogP contribution >= 0.6 is 0 Å². The first-order valence-electron chi connectivity index (χ1n) is 8.47. The Morgan fingerprint density at radius 2 is 2.10 bits per heavy atom. The van der Waals surface area contributed by atoms with Gasteiger partial charge < -0.3 is 5.32 Å². The fraction of sp³-hybridized carbons (Fsp3) is 0.824. The Hall–Kier alpha value is -0.870. The highest BCUT2D eigenvalue weighted by Crippen LogP contribution is 2.25. The Bertz CT molecular complexity index is 434. The highest BCUT2D eigenvalue weighted by atomic mass is 15.3. The van der Waals surface area contributed by atoms with E-state index in [4.69, 9.17) is 0 Å². The van der Waals surface area contributed by atoms with Crippen molar-refractivity contribution in [3.05, 3.63) is 18.0 Å². The average molecular weight is 292 g/mol. The third kappa shape index (κ3) is 3.67. The Kier molecular flexibility index (Phi) is 5.44. The van der Waals surface area contributed by atoms with Crippen LogP contribution in [-0.4, -0.2) is 45.9 Å². The van der Waals surface area contributed by atoms with E-state index < -0.39 is 0 Å². The van der Waals surface area contributed by atoms with Crippen LogP contribution in [0.25, 0.3) is 0 Å². The predicted octanol–water partition coefficient (Wildman–Crippen LogP) is 2.45. The minimum atomic E-state index is 0.303. The van der Waals surface area contributed by atoms with E-state index in [1.807, 2.05) is 17.9 Å². The minimum absolute atomic E-state index is 0.303. The Morgan fingerprint density at radius 1 is 1.38 bits per heavy atom. The summed E-state index contributed by atoms with van der Waals surface area (Å²) in [6.07, 6.45) is 5.39. The van der Waals surface area contributed by atoms with Crippen molar-refractivity contribution in [3.8, 4) is 0 Å². The molecule has 0 spiro atoms. The van der Waals surface area contributed by atoms with Crippen LogP contribution in [0.2, 0.25) is 0 Å². The summed E-state index contributed by atoms with van der Waals surface area (Å²) in [5.74, 6) is 0.691. The van der Waals surface area contributed by atoms with Crippen LogP contribution in [0.5, 0.6) is 0 Å². The summed E-state index contributed by atoms with van der Waals surface area (Å²) in [6.45, 7) is 12.7. The molecule has 1 aromatic heterocycles. The highest BCUT2D eigenvalue weighted by Gasteiger charge is 2.37. The van der Waals surface area contributed by atoms with Gasteiger partial charge >= 0.3 is 0 Å². The highest BCUT2D eigenvalue weighted by molar-refractivity contribution is 5.03. The fourth-order valence-electron chi connectivity index (χ4n) is 3.54. The lowest BCUT2D eigenvalue weighted by Crippen LogP contribution is -2.65. The summed E-state index contributed by atoms with van der Waals surface area (Å²) in [7, 11) is 2.04. The lowest BCUT2D eigenvalue weighted by Gasteiger charge is -2.49. The van der Waals surface area contributed by atoms with E-state index in [2.05, 4.69) is 49.1 Å². The Balaban J connectivity index is 2.05. The van der Waals surface area contributed by atoms with E-state index in [0.29, 0.717) is 17.5 Å². The lowest BCUT2D eigenvalue weighted by molar-refractivity contribution is 0.0511. The molecular formula is C17H32N4. The Labute approximate surface area is 129 Å². The quantitative estimate of drug-likeness (QED) is 0.874. The van der Waals surface area contributed by atoms with E-state index in [1.54, 1.807) is 0 Å². The average Bonchev–Trinajstić information content (AvgIpc) is 2.89. The SMILES string of the molecule is CCC1(CC)CN(CCc2ccnn2C)C(C(C)C)CN1. The van der Waals surface area contributed by atoms with Gasteiger partial charge in [-0.25, -0.2) is 0 Å².